The van der Waals surface area contributed by atoms with Gasteiger partial charge >= 0.3 is 5.97 Å². The molecule has 2 aromatic carbocycles. The quantitative estimate of drug-likeness (QED) is 0.456. The molecule has 0 spiro atoms. The molecule has 162 valence electrons. The van der Waals surface area contributed by atoms with Gasteiger partial charge in [0, 0.05) is 21.9 Å². The van der Waals surface area contributed by atoms with Gasteiger partial charge in [-0.15, -0.1) is 11.3 Å². The second-order valence-corrected chi connectivity index (χ2v) is 11.0. The maximum absolute atomic E-state index is 13.2. The molecule has 0 saturated heterocycles. The van der Waals surface area contributed by atoms with E-state index < -0.39 is 26.9 Å². The summed E-state index contributed by atoms with van der Waals surface area (Å²) in [7, 11) is -4.11. The molecular weight excluding hydrogens is 458 g/mol. The molecule has 6 nitrogen and oxygen atoms in total. The maximum Gasteiger partial charge on any atom is 0.325 e. The minimum absolute atomic E-state index is 0.0240. The molecule has 1 saturated carbocycles. The molecule has 0 amide bonds. The number of sulfonamides is 1. The molecule has 1 aliphatic carbocycles. The zero-order valence-corrected chi connectivity index (χ0v) is 18.7. The molecule has 31 heavy (non-hydrogen) atoms. The van der Waals surface area contributed by atoms with Crippen molar-refractivity contribution in [2.75, 3.05) is 6.61 Å². The number of thiophene rings is 1. The van der Waals surface area contributed by atoms with Crippen LogP contribution in [0.2, 0.25) is 5.02 Å². The Kier molecular flexibility index (Phi) is 5.70. The number of hydrogen-bond donors (Lipinski definition) is 3. The van der Waals surface area contributed by atoms with Crippen molar-refractivity contribution in [2.24, 2.45) is 0 Å². The summed E-state index contributed by atoms with van der Waals surface area (Å²) < 4.78 is 28.8. The summed E-state index contributed by atoms with van der Waals surface area (Å²) >= 11 is 6.97. The van der Waals surface area contributed by atoms with Crippen molar-refractivity contribution in [3.8, 4) is 10.4 Å². The zero-order valence-electron chi connectivity index (χ0n) is 16.3. The number of rotatable bonds is 8. The highest BCUT2D eigenvalue weighted by Crippen LogP contribution is 2.60. The van der Waals surface area contributed by atoms with Crippen LogP contribution in [0.4, 0.5) is 0 Å². The number of carbonyl (C=O) groups is 1. The van der Waals surface area contributed by atoms with Crippen LogP contribution >= 0.6 is 22.9 Å². The van der Waals surface area contributed by atoms with Crippen LogP contribution in [-0.2, 0) is 20.2 Å². The third kappa shape index (κ3) is 3.79. The van der Waals surface area contributed by atoms with Crippen molar-refractivity contribution in [1.29, 1.82) is 0 Å². The normalized spacial score (nSPS) is 22.9. The lowest BCUT2D eigenvalue weighted by atomic mass is 9.88. The van der Waals surface area contributed by atoms with Crippen molar-refractivity contribution in [3.05, 3.63) is 77.3 Å². The molecule has 9 heteroatoms. The molecule has 0 unspecified atom stereocenters. The van der Waals surface area contributed by atoms with E-state index in [1.165, 1.54) is 6.07 Å². The Morgan fingerprint density at radius 3 is 2.35 bits per heavy atom. The molecule has 0 aliphatic heterocycles. The predicted molar refractivity (Wildman–Crippen MR) is 120 cm³/mol. The van der Waals surface area contributed by atoms with Crippen molar-refractivity contribution in [1.82, 2.24) is 4.72 Å². The van der Waals surface area contributed by atoms with Crippen molar-refractivity contribution in [3.63, 3.8) is 0 Å². The van der Waals surface area contributed by atoms with E-state index in [1.807, 2.05) is 0 Å². The van der Waals surface area contributed by atoms with Gasteiger partial charge < -0.3 is 10.2 Å². The SMILES string of the molecule is O=C(O)[C@@]1(NS(=O)(=O)c2ccc(-c3ccc(Cl)cc3)s2)C[C@@]1(CCO)c1ccccc1. The van der Waals surface area contributed by atoms with E-state index in [1.54, 1.807) is 60.7 Å². The first-order chi connectivity index (χ1) is 14.7. The van der Waals surface area contributed by atoms with Crippen LogP contribution < -0.4 is 4.72 Å². The topological polar surface area (TPSA) is 104 Å². The molecule has 1 aliphatic rings. The van der Waals surface area contributed by atoms with E-state index in [4.69, 9.17) is 11.6 Å². The van der Waals surface area contributed by atoms with Gasteiger partial charge in [-0.2, -0.15) is 4.72 Å². The average Bonchev–Trinajstić information content (AvgIpc) is 3.12. The summed E-state index contributed by atoms with van der Waals surface area (Å²) in [6.07, 6.45) is 0.195. The van der Waals surface area contributed by atoms with Crippen molar-refractivity contribution < 1.29 is 23.4 Å². The largest absolute Gasteiger partial charge is 0.480 e. The van der Waals surface area contributed by atoms with Gasteiger partial charge in [-0.25, -0.2) is 8.42 Å². The van der Waals surface area contributed by atoms with E-state index in [2.05, 4.69) is 4.72 Å². The molecule has 1 heterocycles. The number of carboxylic acids is 1. The van der Waals surface area contributed by atoms with Gasteiger partial charge in [0.25, 0.3) is 10.0 Å². The summed E-state index contributed by atoms with van der Waals surface area (Å²) in [6.45, 7) is -0.259. The number of aliphatic hydroxyl groups is 1. The van der Waals surface area contributed by atoms with Crippen LogP contribution in [0, 0.1) is 0 Å². The Morgan fingerprint density at radius 1 is 1.06 bits per heavy atom. The number of hydrogen-bond acceptors (Lipinski definition) is 5. The number of aliphatic hydroxyl groups excluding tert-OH is 1. The Bertz CT molecular complexity index is 1210. The molecule has 1 fully saturated rings. The third-order valence-corrected chi connectivity index (χ3v) is 9.14. The number of carboxylic acid groups (broad SMARTS) is 1. The fourth-order valence-electron chi connectivity index (χ4n) is 4.12. The highest BCUT2D eigenvalue weighted by Gasteiger charge is 2.74. The highest BCUT2D eigenvalue weighted by molar-refractivity contribution is 7.91. The highest BCUT2D eigenvalue weighted by atomic mass is 35.5. The molecule has 2 atom stereocenters. The van der Waals surface area contributed by atoms with Gasteiger partial charge in [-0.05, 0) is 48.2 Å². The van der Waals surface area contributed by atoms with Gasteiger partial charge in [0.2, 0.25) is 0 Å². The summed E-state index contributed by atoms with van der Waals surface area (Å²) in [6, 6.07) is 19.0. The van der Waals surface area contributed by atoms with Crippen molar-refractivity contribution >= 4 is 38.9 Å². The van der Waals surface area contributed by atoms with Crippen LogP contribution in [0.15, 0.2) is 70.9 Å². The smallest absolute Gasteiger partial charge is 0.325 e. The van der Waals surface area contributed by atoms with Crippen LogP contribution in [0.1, 0.15) is 18.4 Å². The standard InChI is InChI=1S/C22H20ClNO5S2/c23-17-8-6-15(7-9-17)18-10-11-19(30-18)31(28,29)24-22(20(26)27)14-21(22,12-13-25)16-4-2-1-3-5-16/h1-11,24-25H,12-14H2,(H,26,27)/t21-,22-/m0/s1. The molecule has 1 aromatic heterocycles. The first kappa shape index (κ1) is 22.0. The molecular formula is C22H20ClNO5S2. The van der Waals surface area contributed by atoms with E-state index in [0.717, 1.165) is 21.8 Å². The average molecular weight is 478 g/mol. The molecule has 0 bridgehead atoms. The lowest BCUT2D eigenvalue weighted by molar-refractivity contribution is -0.140. The Balaban J connectivity index is 1.68. The molecule has 3 aromatic rings. The van der Waals surface area contributed by atoms with E-state index in [-0.39, 0.29) is 23.7 Å². The molecule has 0 radical (unpaired) electrons. The number of aliphatic carboxylic acids is 1. The van der Waals surface area contributed by atoms with Crippen LogP contribution in [0.3, 0.4) is 0 Å². The monoisotopic (exact) mass is 477 g/mol. The van der Waals surface area contributed by atoms with E-state index in [0.29, 0.717) is 10.6 Å². The van der Waals surface area contributed by atoms with Gasteiger partial charge in [-0.3, -0.25) is 4.79 Å². The third-order valence-electron chi connectivity index (χ3n) is 5.77. The fourth-order valence-corrected chi connectivity index (χ4v) is 6.99. The van der Waals surface area contributed by atoms with Gasteiger partial charge in [0.15, 0.2) is 0 Å². The number of benzene rings is 2. The molecule has 4 rings (SSSR count). The number of halogens is 1. The predicted octanol–water partition coefficient (Wildman–Crippen LogP) is 3.89. The summed E-state index contributed by atoms with van der Waals surface area (Å²) in [5.41, 5.74) is -1.24. The van der Waals surface area contributed by atoms with Gasteiger partial charge in [0.1, 0.15) is 9.75 Å². The van der Waals surface area contributed by atoms with Crippen molar-refractivity contribution in [2.45, 2.75) is 28.0 Å². The first-order valence-corrected chi connectivity index (χ1v) is 12.2. The Morgan fingerprint density at radius 2 is 1.74 bits per heavy atom. The first-order valence-electron chi connectivity index (χ1n) is 9.54. The summed E-state index contributed by atoms with van der Waals surface area (Å²) in [5, 5.41) is 20.2. The minimum atomic E-state index is -4.11. The Hall–Kier alpha value is -2.23. The van der Waals surface area contributed by atoms with Crippen LogP contribution in [-0.4, -0.2) is 36.7 Å². The second-order valence-electron chi connectivity index (χ2n) is 7.54. The minimum Gasteiger partial charge on any atom is -0.480 e. The van der Waals surface area contributed by atoms with Crippen LogP contribution in [0.5, 0.6) is 0 Å². The zero-order chi connectivity index (χ0) is 22.3. The number of nitrogens with one attached hydrogen (secondary N) is 1. The summed E-state index contributed by atoms with van der Waals surface area (Å²) in [5.74, 6) is -1.26. The van der Waals surface area contributed by atoms with E-state index >= 15 is 0 Å². The fraction of sp³-hybridized carbons (Fsp3) is 0.227. The second kappa shape index (κ2) is 8.03. The van der Waals surface area contributed by atoms with Gasteiger partial charge in [-0.1, -0.05) is 54.1 Å². The van der Waals surface area contributed by atoms with E-state index in [9.17, 15) is 23.4 Å². The molecule has 3 N–H and O–H groups in total. The lowest BCUT2D eigenvalue weighted by Crippen LogP contribution is -2.48. The van der Waals surface area contributed by atoms with Crippen LogP contribution in [0.25, 0.3) is 10.4 Å². The lowest BCUT2D eigenvalue weighted by Gasteiger charge is -2.23. The Labute approximate surface area is 189 Å². The summed E-state index contributed by atoms with van der Waals surface area (Å²) in [4.78, 5) is 13.0. The van der Waals surface area contributed by atoms with Gasteiger partial charge in [0.05, 0.1) is 0 Å². The maximum atomic E-state index is 13.2.